The first-order chi connectivity index (χ1) is 17.2. The number of amides is 1. The SMILES string of the molecule is CCCCCCCCNc1nc2c(C)cccn2c(=O)c1/C=C1/SC(=S)N(C2CCS(=O)(=O)C2)C1=O. The quantitative estimate of drug-likeness (QED) is 0.268. The minimum atomic E-state index is -3.17. The molecule has 11 heteroatoms. The van der Waals surface area contributed by atoms with Crippen molar-refractivity contribution in [2.45, 2.75) is 64.8 Å². The van der Waals surface area contributed by atoms with E-state index in [9.17, 15) is 18.0 Å². The highest BCUT2D eigenvalue weighted by Crippen LogP contribution is 2.36. The van der Waals surface area contributed by atoms with Crippen LogP contribution < -0.4 is 10.9 Å². The molecule has 2 aromatic rings. The highest BCUT2D eigenvalue weighted by Gasteiger charge is 2.42. The van der Waals surface area contributed by atoms with Crippen molar-refractivity contribution < 1.29 is 13.2 Å². The molecule has 2 aromatic heterocycles. The van der Waals surface area contributed by atoms with Crippen LogP contribution in [0.2, 0.25) is 0 Å². The maximum Gasteiger partial charge on any atom is 0.267 e. The zero-order chi connectivity index (χ0) is 25.9. The first-order valence-electron chi connectivity index (χ1n) is 12.4. The van der Waals surface area contributed by atoms with Crippen molar-refractivity contribution >= 4 is 61.6 Å². The molecule has 0 radical (unpaired) electrons. The van der Waals surface area contributed by atoms with Gasteiger partial charge in [0.2, 0.25) is 0 Å². The highest BCUT2D eigenvalue weighted by molar-refractivity contribution is 8.26. The third-order valence-electron chi connectivity index (χ3n) is 6.58. The number of pyridine rings is 1. The lowest BCUT2D eigenvalue weighted by atomic mass is 10.1. The van der Waals surface area contributed by atoms with Crippen LogP contribution in [-0.2, 0) is 14.6 Å². The van der Waals surface area contributed by atoms with Gasteiger partial charge in [0.25, 0.3) is 11.5 Å². The molecule has 1 unspecified atom stereocenters. The third kappa shape index (κ3) is 5.84. The van der Waals surface area contributed by atoms with E-state index in [-0.39, 0.29) is 23.0 Å². The summed E-state index contributed by atoms with van der Waals surface area (Å²) in [6.45, 7) is 4.76. The summed E-state index contributed by atoms with van der Waals surface area (Å²) < 4.78 is 25.7. The summed E-state index contributed by atoms with van der Waals surface area (Å²) >= 11 is 6.53. The Kier molecular flexibility index (Phi) is 8.52. The molecule has 194 valence electrons. The van der Waals surface area contributed by atoms with Crippen molar-refractivity contribution in [1.82, 2.24) is 14.3 Å². The van der Waals surface area contributed by atoms with Gasteiger partial charge in [-0.25, -0.2) is 13.4 Å². The van der Waals surface area contributed by atoms with Gasteiger partial charge in [0.15, 0.2) is 9.84 Å². The van der Waals surface area contributed by atoms with Crippen LogP contribution in [0.5, 0.6) is 0 Å². The fraction of sp³-hybridized carbons (Fsp3) is 0.520. The Morgan fingerprint density at radius 1 is 1.22 bits per heavy atom. The topological polar surface area (TPSA) is 101 Å². The van der Waals surface area contributed by atoms with E-state index >= 15 is 0 Å². The number of carbonyl (C=O) groups excluding carboxylic acids is 1. The van der Waals surface area contributed by atoms with Gasteiger partial charge in [-0.3, -0.25) is 18.9 Å². The van der Waals surface area contributed by atoms with Crippen molar-refractivity contribution in [2.24, 2.45) is 0 Å². The van der Waals surface area contributed by atoms with Crippen LogP contribution in [0, 0.1) is 6.92 Å². The standard InChI is InChI=1S/C25H32N4O4S3/c1-3-4-5-6-7-8-12-26-21-19(23(30)28-13-9-10-17(2)22(28)27-21)15-20-24(31)29(25(34)35-20)18-11-14-36(32,33)16-18/h9-10,13,15,18,26H,3-8,11-12,14,16H2,1-2H3/b20-15+. The molecule has 2 aliphatic heterocycles. The lowest BCUT2D eigenvalue weighted by Crippen LogP contribution is -2.39. The summed E-state index contributed by atoms with van der Waals surface area (Å²) in [6, 6.07) is 3.23. The molecule has 8 nitrogen and oxygen atoms in total. The number of unbranched alkanes of at least 4 members (excludes halogenated alkanes) is 5. The first-order valence-corrected chi connectivity index (χ1v) is 15.5. The second kappa shape index (κ2) is 11.4. The van der Waals surface area contributed by atoms with E-state index in [2.05, 4.69) is 12.2 Å². The molecule has 0 bridgehead atoms. The van der Waals surface area contributed by atoms with Crippen LogP contribution in [0.1, 0.15) is 63.0 Å². The number of thioether (sulfide) groups is 1. The number of aromatic nitrogens is 2. The van der Waals surface area contributed by atoms with Gasteiger partial charge in [-0.05, 0) is 37.5 Å². The van der Waals surface area contributed by atoms with E-state index in [1.165, 1.54) is 35.0 Å². The molecule has 0 spiro atoms. The number of nitrogens with zero attached hydrogens (tertiary/aromatic N) is 3. The Balaban J connectivity index is 1.62. The van der Waals surface area contributed by atoms with E-state index in [0.29, 0.717) is 39.2 Å². The molecule has 2 saturated heterocycles. The van der Waals surface area contributed by atoms with E-state index in [4.69, 9.17) is 17.2 Å². The average Bonchev–Trinajstić information content (AvgIpc) is 3.32. The largest absolute Gasteiger partial charge is 0.369 e. The smallest absolute Gasteiger partial charge is 0.267 e. The van der Waals surface area contributed by atoms with Crippen molar-refractivity contribution in [3.63, 3.8) is 0 Å². The maximum absolute atomic E-state index is 13.5. The number of anilines is 1. The number of hydrogen-bond acceptors (Lipinski definition) is 8. The Labute approximate surface area is 221 Å². The van der Waals surface area contributed by atoms with Crippen LogP contribution in [0.3, 0.4) is 0 Å². The number of sulfone groups is 1. The van der Waals surface area contributed by atoms with E-state index in [1.54, 1.807) is 18.3 Å². The fourth-order valence-electron chi connectivity index (χ4n) is 4.59. The molecule has 0 aromatic carbocycles. The van der Waals surface area contributed by atoms with E-state index < -0.39 is 15.9 Å². The third-order valence-corrected chi connectivity index (χ3v) is 9.66. The van der Waals surface area contributed by atoms with Crippen molar-refractivity contribution in [3.05, 3.63) is 44.7 Å². The molecule has 36 heavy (non-hydrogen) atoms. The molecule has 0 aliphatic carbocycles. The Hall–Kier alpha value is -2.24. The van der Waals surface area contributed by atoms with Gasteiger partial charge >= 0.3 is 0 Å². The lowest BCUT2D eigenvalue weighted by Gasteiger charge is -2.20. The van der Waals surface area contributed by atoms with Crippen LogP contribution in [0.15, 0.2) is 28.0 Å². The Bertz CT molecular complexity index is 1370. The summed E-state index contributed by atoms with van der Waals surface area (Å²) in [6.07, 6.45) is 10.5. The minimum absolute atomic E-state index is 0.0512. The number of thiocarbonyl (C=S) groups is 1. The Morgan fingerprint density at radius 2 is 1.97 bits per heavy atom. The maximum atomic E-state index is 13.5. The number of aryl methyl sites for hydroxylation is 1. The minimum Gasteiger partial charge on any atom is -0.369 e. The number of carbonyl (C=O) groups is 1. The van der Waals surface area contributed by atoms with Crippen LogP contribution in [-0.4, -0.2) is 57.0 Å². The van der Waals surface area contributed by atoms with Gasteiger partial charge in [-0.2, -0.15) is 0 Å². The summed E-state index contributed by atoms with van der Waals surface area (Å²) in [7, 11) is -3.17. The molecule has 1 atom stereocenters. The predicted octanol–water partition coefficient (Wildman–Crippen LogP) is 4.16. The molecular formula is C25H32N4O4S3. The monoisotopic (exact) mass is 548 g/mol. The number of hydrogen-bond donors (Lipinski definition) is 1. The zero-order valence-corrected chi connectivity index (χ0v) is 23.1. The second-order valence-corrected chi connectivity index (χ2v) is 13.3. The van der Waals surface area contributed by atoms with Crippen molar-refractivity contribution in [3.8, 4) is 0 Å². The summed E-state index contributed by atoms with van der Waals surface area (Å²) in [5.74, 6) is 0.0478. The van der Waals surface area contributed by atoms with E-state index in [1.807, 2.05) is 13.0 Å². The molecule has 2 aliphatic rings. The van der Waals surface area contributed by atoms with Gasteiger partial charge in [0.05, 0.1) is 28.0 Å². The highest BCUT2D eigenvalue weighted by atomic mass is 32.2. The number of fused-ring (bicyclic) bond motifs is 1. The zero-order valence-electron chi connectivity index (χ0n) is 20.7. The molecule has 4 heterocycles. The van der Waals surface area contributed by atoms with Crippen LogP contribution >= 0.6 is 24.0 Å². The molecular weight excluding hydrogens is 517 g/mol. The molecule has 1 N–H and O–H groups in total. The predicted molar refractivity (Wildman–Crippen MR) is 150 cm³/mol. The van der Waals surface area contributed by atoms with Crippen LogP contribution in [0.4, 0.5) is 5.82 Å². The van der Waals surface area contributed by atoms with Crippen LogP contribution in [0.25, 0.3) is 11.7 Å². The molecule has 0 saturated carbocycles. The first kappa shape index (κ1) is 26.8. The molecule has 1 amide bonds. The Morgan fingerprint density at radius 3 is 2.69 bits per heavy atom. The summed E-state index contributed by atoms with van der Waals surface area (Å²) in [5, 5.41) is 3.33. The van der Waals surface area contributed by atoms with Crippen molar-refractivity contribution in [1.29, 1.82) is 0 Å². The summed E-state index contributed by atoms with van der Waals surface area (Å²) in [5.41, 5.74) is 1.46. The molecule has 2 fully saturated rings. The van der Waals surface area contributed by atoms with Crippen molar-refractivity contribution in [2.75, 3.05) is 23.4 Å². The van der Waals surface area contributed by atoms with Gasteiger partial charge in [0, 0.05) is 12.7 Å². The molecule has 4 rings (SSSR count). The number of nitrogens with one attached hydrogen (secondary N) is 1. The fourth-order valence-corrected chi connectivity index (χ4v) is 7.68. The van der Waals surface area contributed by atoms with Gasteiger partial charge in [-0.1, -0.05) is 69.1 Å². The van der Waals surface area contributed by atoms with Gasteiger partial charge in [0.1, 0.15) is 15.8 Å². The normalized spacial score (nSPS) is 20.7. The average molecular weight is 549 g/mol. The van der Waals surface area contributed by atoms with Gasteiger partial charge in [-0.15, -0.1) is 0 Å². The lowest BCUT2D eigenvalue weighted by molar-refractivity contribution is -0.123. The number of rotatable bonds is 10. The van der Waals surface area contributed by atoms with Gasteiger partial charge < -0.3 is 5.32 Å². The summed E-state index contributed by atoms with van der Waals surface area (Å²) in [4.78, 5) is 33.2. The van der Waals surface area contributed by atoms with E-state index in [0.717, 1.165) is 30.2 Å². The second-order valence-electron chi connectivity index (χ2n) is 9.37.